The van der Waals surface area contributed by atoms with Crippen molar-refractivity contribution in [2.45, 2.75) is 13.0 Å². The zero-order chi connectivity index (χ0) is 23.5. The molecule has 1 aromatic carbocycles. The molecular formula is C24H22N2O5S2. The summed E-state index contributed by atoms with van der Waals surface area (Å²) in [6.07, 6.45) is 3.26. The van der Waals surface area contributed by atoms with E-state index in [1.807, 2.05) is 29.6 Å². The zero-order valence-electron chi connectivity index (χ0n) is 18.4. The standard InChI is InChI=1S/C24H22N2O5S2/c1-5-11-31-23(28)19-14(2)25-24-26(20(19)17-10-7-12-32-17)22(27)18(33-24)13-15-8-6-9-16(29-3)21(15)30-4/h5-10,12-13,20H,1,11H2,2-4H3/b18-13-. The number of allylic oxidation sites excluding steroid dienone is 1. The molecule has 4 rings (SSSR count). The normalized spacial score (nSPS) is 15.6. The number of carbonyl (C=O) groups excluding carboxylic acids is 1. The number of carbonyl (C=O) groups is 1. The Hall–Kier alpha value is -3.43. The topological polar surface area (TPSA) is 79.1 Å². The van der Waals surface area contributed by atoms with Crippen molar-refractivity contribution in [1.29, 1.82) is 0 Å². The summed E-state index contributed by atoms with van der Waals surface area (Å²) in [6.45, 7) is 5.43. The average molecular weight is 483 g/mol. The first-order chi connectivity index (χ1) is 16.0. The smallest absolute Gasteiger partial charge is 0.338 e. The molecule has 2 aromatic heterocycles. The van der Waals surface area contributed by atoms with Crippen LogP contribution >= 0.6 is 22.7 Å². The van der Waals surface area contributed by atoms with Gasteiger partial charge in [0, 0.05) is 10.4 Å². The van der Waals surface area contributed by atoms with Gasteiger partial charge in [-0.15, -0.1) is 11.3 Å². The lowest BCUT2D eigenvalue weighted by Crippen LogP contribution is -2.39. The van der Waals surface area contributed by atoms with Crippen LogP contribution in [-0.2, 0) is 9.53 Å². The first-order valence-corrected chi connectivity index (χ1v) is 11.7. The molecule has 1 unspecified atom stereocenters. The van der Waals surface area contributed by atoms with Crippen molar-refractivity contribution in [1.82, 2.24) is 4.57 Å². The van der Waals surface area contributed by atoms with Gasteiger partial charge in [0.05, 0.1) is 30.0 Å². The molecule has 0 saturated carbocycles. The molecule has 3 aromatic rings. The predicted molar refractivity (Wildman–Crippen MR) is 129 cm³/mol. The highest BCUT2D eigenvalue weighted by molar-refractivity contribution is 7.10. The summed E-state index contributed by atoms with van der Waals surface area (Å²) in [5.41, 5.74) is 1.33. The van der Waals surface area contributed by atoms with Gasteiger partial charge in [-0.25, -0.2) is 9.79 Å². The molecule has 0 amide bonds. The van der Waals surface area contributed by atoms with E-state index in [0.29, 0.717) is 37.7 Å². The Balaban J connectivity index is 1.92. The van der Waals surface area contributed by atoms with Crippen LogP contribution in [0.25, 0.3) is 6.08 Å². The molecule has 0 spiro atoms. The lowest BCUT2D eigenvalue weighted by atomic mass is 10.0. The number of aromatic nitrogens is 1. The van der Waals surface area contributed by atoms with E-state index >= 15 is 0 Å². The van der Waals surface area contributed by atoms with Gasteiger partial charge in [0.2, 0.25) is 0 Å². The maximum Gasteiger partial charge on any atom is 0.338 e. The Morgan fingerprint density at radius 2 is 2.06 bits per heavy atom. The van der Waals surface area contributed by atoms with E-state index in [1.165, 1.54) is 28.7 Å². The second-order valence-corrected chi connectivity index (χ2v) is 9.06. The highest BCUT2D eigenvalue weighted by atomic mass is 32.1. The minimum Gasteiger partial charge on any atom is -0.493 e. The highest BCUT2D eigenvalue weighted by Gasteiger charge is 2.34. The maximum absolute atomic E-state index is 13.6. The van der Waals surface area contributed by atoms with Crippen molar-refractivity contribution in [2.75, 3.05) is 20.8 Å². The zero-order valence-corrected chi connectivity index (χ0v) is 20.0. The molecule has 1 atom stereocenters. The molecular weight excluding hydrogens is 460 g/mol. The van der Waals surface area contributed by atoms with Crippen LogP contribution in [0.1, 0.15) is 23.4 Å². The number of hydrogen-bond donors (Lipinski definition) is 0. The lowest BCUT2D eigenvalue weighted by molar-refractivity contribution is -0.138. The molecule has 3 heterocycles. The molecule has 1 aliphatic heterocycles. The quantitative estimate of drug-likeness (QED) is 0.382. The van der Waals surface area contributed by atoms with Gasteiger partial charge in [-0.3, -0.25) is 9.36 Å². The minimum atomic E-state index is -0.618. The molecule has 9 heteroatoms. The van der Waals surface area contributed by atoms with Crippen LogP contribution in [-0.4, -0.2) is 31.4 Å². The van der Waals surface area contributed by atoms with Crippen molar-refractivity contribution < 1.29 is 19.0 Å². The fraction of sp³-hybridized carbons (Fsp3) is 0.208. The number of ether oxygens (including phenoxy) is 3. The summed E-state index contributed by atoms with van der Waals surface area (Å²) < 4.78 is 18.2. The van der Waals surface area contributed by atoms with Gasteiger partial charge in [0.1, 0.15) is 12.6 Å². The molecule has 0 aliphatic carbocycles. The monoisotopic (exact) mass is 482 g/mol. The summed E-state index contributed by atoms with van der Waals surface area (Å²) in [7, 11) is 3.12. The van der Waals surface area contributed by atoms with Gasteiger partial charge in [0.15, 0.2) is 16.3 Å². The van der Waals surface area contributed by atoms with Crippen molar-refractivity contribution >= 4 is 34.7 Å². The van der Waals surface area contributed by atoms with Crippen LogP contribution in [0.3, 0.4) is 0 Å². The number of nitrogens with zero attached hydrogens (tertiary/aromatic N) is 2. The molecule has 0 N–H and O–H groups in total. The minimum absolute atomic E-state index is 0.0762. The van der Waals surface area contributed by atoms with Crippen molar-refractivity contribution in [2.24, 2.45) is 4.99 Å². The van der Waals surface area contributed by atoms with Gasteiger partial charge >= 0.3 is 5.97 Å². The maximum atomic E-state index is 13.6. The second kappa shape index (κ2) is 9.60. The van der Waals surface area contributed by atoms with Gasteiger partial charge < -0.3 is 14.2 Å². The van der Waals surface area contributed by atoms with Gasteiger partial charge in [-0.2, -0.15) is 0 Å². The van der Waals surface area contributed by atoms with Gasteiger partial charge in [-0.05, 0) is 30.5 Å². The molecule has 0 bridgehead atoms. The van der Waals surface area contributed by atoms with Gasteiger partial charge in [0.25, 0.3) is 5.56 Å². The third kappa shape index (κ3) is 4.17. The van der Waals surface area contributed by atoms with Crippen LogP contribution in [0, 0.1) is 0 Å². The first-order valence-electron chi connectivity index (χ1n) is 10.0. The van der Waals surface area contributed by atoms with Crippen LogP contribution < -0.4 is 24.4 Å². The number of fused-ring (bicyclic) bond motifs is 1. The SMILES string of the molecule is C=CCOC(=O)C1=C(C)N=c2s/c(=C\c3cccc(OC)c3OC)c(=O)n2C1c1cccs1. The first kappa shape index (κ1) is 22.8. The summed E-state index contributed by atoms with van der Waals surface area (Å²) in [5.74, 6) is 0.586. The molecule has 0 fully saturated rings. The van der Waals surface area contributed by atoms with E-state index in [4.69, 9.17) is 14.2 Å². The van der Waals surface area contributed by atoms with Gasteiger partial charge in [-0.1, -0.05) is 42.2 Å². The predicted octanol–water partition coefficient (Wildman–Crippen LogP) is 3.04. The summed E-state index contributed by atoms with van der Waals surface area (Å²) in [6, 6.07) is 8.64. The third-order valence-electron chi connectivity index (χ3n) is 5.11. The Kier molecular flexibility index (Phi) is 6.62. The van der Waals surface area contributed by atoms with Crippen molar-refractivity contribution in [3.63, 3.8) is 0 Å². The summed E-state index contributed by atoms with van der Waals surface area (Å²) in [4.78, 5) is 32.4. The molecule has 1 aliphatic rings. The van der Waals surface area contributed by atoms with E-state index < -0.39 is 12.0 Å². The van der Waals surface area contributed by atoms with Crippen molar-refractivity contribution in [3.8, 4) is 11.5 Å². The van der Waals surface area contributed by atoms with E-state index in [9.17, 15) is 9.59 Å². The molecule has 0 radical (unpaired) electrons. The summed E-state index contributed by atoms with van der Waals surface area (Å²) >= 11 is 2.73. The average Bonchev–Trinajstić information content (AvgIpc) is 3.45. The van der Waals surface area contributed by atoms with Crippen LogP contribution in [0.2, 0.25) is 0 Å². The number of benzene rings is 1. The fourth-order valence-corrected chi connectivity index (χ4v) is 5.54. The Morgan fingerprint density at radius 1 is 1.24 bits per heavy atom. The number of thiophene rings is 1. The van der Waals surface area contributed by atoms with Crippen LogP contribution in [0.5, 0.6) is 11.5 Å². The largest absolute Gasteiger partial charge is 0.493 e. The second-order valence-electron chi connectivity index (χ2n) is 7.07. The molecule has 7 nitrogen and oxygen atoms in total. The molecule has 0 saturated heterocycles. The number of para-hydroxylation sites is 1. The number of methoxy groups -OCH3 is 2. The lowest BCUT2D eigenvalue weighted by Gasteiger charge is -2.23. The third-order valence-corrected chi connectivity index (χ3v) is 7.01. The molecule has 170 valence electrons. The van der Waals surface area contributed by atoms with E-state index in [2.05, 4.69) is 11.6 Å². The Bertz CT molecular complexity index is 1410. The van der Waals surface area contributed by atoms with Crippen molar-refractivity contribution in [3.05, 3.63) is 89.8 Å². The fourth-order valence-electron chi connectivity index (χ4n) is 3.68. The number of thiazole rings is 1. The van der Waals surface area contributed by atoms with E-state index in [-0.39, 0.29) is 12.2 Å². The van der Waals surface area contributed by atoms with E-state index in [0.717, 1.165) is 4.88 Å². The van der Waals surface area contributed by atoms with Crippen LogP contribution in [0.4, 0.5) is 0 Å². The number of hydrogen-bond acceptors (Lipinski definition) is 8. The van der Waals surface area contributed by atoms with E-state index in [1.54, 1.807) is 37.9 Å². The summed E-state index contributed by atoms with van der Waals surface area (Å²) in [5, 5.41) is 1.91. The number of rotatable bonds is 7. The Labute approximate surface area is 198 Å². The Morgan fingerprint density at radius 3 is 2.73 bits per heavy atom. The highest BCUT2D eigenvalue weighted by Crippen LogP contribution is 2.33. The van der Waals surface area contributed by atoms with Crippen LogP contribution in [0.15, 0.2) is 69.4 Å². The molecule has 33 heavy (non-hydrogen) atoms. The number of esters is 1.